The van der Waals surface area contributed by atoms with Crippen molar-refractivity contribution >= 4 is 17.3 Å². The van der Waals surface area contributed by atoms with Gasteiger partial charge in [0.2, 0.25) is 0 Å². The SMILES string of the molecule is COCCNCCCOc1ccc(C(C)N2CCN(c3ccc(Cl)c(OC)c3)CC2)c(C)c1C. The van der Waals surface area contributed by atoms with Gasteiger partial charge in [0.15, 0.2) is 0 Å². The molecule has 1 unspecified atom stereocenters. The molecule has 0 bridgehead atoms. The van der Waals surface area contributed by atoms with Crippen LogP contribution >= 0.6 is 11.6 Å². The van der Waals surface area contributed by atoms with Crippen molar-refractivity contribution in [1.29, 1.82) is 0 Å². The Morgan fingerprint density at radius 2 is 1.71 bits per heavy atom. The van der Waals surface area contributed by atoms with Gasteiger partial charge in [0.05, 0.1) is 25.3 Å². The van der Waals surface area contributed by atoms with E-state index >= 15 is 0 Å². The van der Waals surface area contributed by atoms with Gasteiger partial charge in [0, 0.05) is 57.6 Å². The molecular weight excluding hydrogens is 450 g/mol. The van der Waals surface area contributed by atoms with E-state index in [0.717, 1.165) is 69.5 Å². The fourth-order valence-electron chi connectivity index (χ4n) is 4.51. The molecule has 2 aromatic rings. The number of methoxy groups -OCH3 is 2. The van der Waals surface area contributed by atoms with Gasteiger partial charge in [-0.15, -0.1) is 0 Å². The zero-order valence-corrected chi connectivity index (χ0v) is 22.1. The number of halogens is 1. The zero-order valence-electron chi connectivity index (χ0n) is 21.3. The lowest BCUT2D eigenvalue weighted by atomic mass is 9.96. The molecule has 3 rings (SSSR count). The van der Waals surface area contributed by atoms with E-state index in [4.69, 9.17) is 25.8 Å². The van der Waals surface area contributed by atoms with Crippen molar-refractivity contribution in [2.75, 3.05) is 71.6 Å². The first kappa shape index (κ1) is 26.6. The molecule has 0 aliphatic carbocycles. The Morgan fingerprint density at radius 1 is 0.941 bits per heavy atom. The summed E-state index contributed by atoms with van der Waals surface area (Å²) in [7, 11) is 3.38. The number of benzene rings is 2. The van der Waals surface area contributed by atoms with E-state index in [1.165, 1.54) is 16.7 Å². The minimum atomic E-state index is 0.361. The molecule has 0 saturated carbocycles. The fraction of sp³-hybridized carbons (Fsp3) is 0.556. The first-order chi connectivity index (χ1) is 16.5. The molecule has 0 amide bonds. The molecule has 1 fully saturated rings. The van der Waals surface area contributed by atoms with Gasteiger partial charge in [-0.3, -0.25) is 4.90 Å². The average molecular weight is 490 g/mol. The summed E-state index contributed by atoms with van der Waals surface area (Å²) in [6, 6.07) is 10.8. The van der Waals surface area contributed by atoms with Crippen LogP contribution in [0, 0.1) is 13.8 Å². The van der Waals surface area contributed by atoms with Crippen molar-refractivity contribution in [2.24, 2.45) is 0 Å². The number of nitrogens with zero attached hydrogens (tertiary/aromatic N) is 2. The predicted molar refractivity (Wildman–Crippen MR) is 141 cm³/mol. The van der Waals surface area contributed by atoms with Crippen molar-refractivity contribution in [3.8, 4) is 11.5 Å². The molecule has 1 aliphatic rings. The van der Waals surface area contributed by atoms with Crippen LogP contribution in [0.15, 0.2) is 30.3 Å². The summed E-state index contributed by atoms with van der Waals surface area (Å²) in [5.41, 5.74) is 5.11. The number of nitrogens with one attached hydrogen (secondary N) is 1. The fourth-order valence-corrected chi connectivity index (χ4v) is 4.71. The minimum absolute atomic E-state index is 0.361. The molecule has 0 aromatic heterocycles. The van der Waals surface area contributed by atoms with Crippen LogP contribution in [0.1, 0.15) is 36.1 Å². The Morgan fingerprint density at radius 3 is 2.41 bits per heavy atom. The molecule has 1 saturated heterocycles. The summed E-state index contributed by atoms with van der Waals surface area (Å²) in [5.74, 6) is 1.72. The van der Waals surface area contributed by atoms with Crippen LogP contribution in [0.4, 0.5) is 5.69 Å². The number of hydrogen-bond donors (Lipinski definition) is 1. The highest BCUT2D eigenvalue weighted by Gasteiger charge is 2.24. The highest BCUT2D eigenvalue weighted by Crippen LogP contribution is 2.33. The highest BCUT2D eigenvalue weighted by molar-refractivity contribution is 6.32. The van der Waals surface area contributed by atoms with Gasteiger partial charge in [-0.1, -0.05) is 17.7 Å². The van der Waals surface area contributed by atoms with Crippen molar-refractivity contribution in [1.82, 2.24) is 10.2 Å². The molecule has 2 aromatic carbocycles. The third kappa shape index (κ3) is 6.79. The second kappa shape index (κ2) is 13.2. The first-order valence-corrected chi connectivity index (χ1v) is 12.6. The number of anilines is 1. The molecule has 188 valence electrons. The molecule has 6 nitrogen and oxygen atoms in total. The zero-order chi connectivity index (χ0) is 24.5. The van der Waals surface area contributed by atoms with Crippen molar-refractivity contribution < 1.29 is 14.2 Å². The van der Waals surface area contributed by atoms with Gasteiger partial charge < -0.3 is 24.4 Å². The van der Waals surface area contributed by atoms with E-state index in [9.17, 15) is 0 Å². The number of ether oxygens (including phenoxy) is 3. The number of hydrogen-bond acceptors (Lipinski definition) is 6. The molecule has 1 atom stereocenters. The summed E-state index contributed by atoms with van der Waals surface area (Å²) in [6.07, 6.45) is 0.976. The van der Waals surface area contributed by atoms with Crippen LogP contribution in [0.5, 0.6) is 11.5 Å². The Kier molecular flexibility index (Phi) is 10.3. The second-order valence-corrected chi connectivity index (χ2v) is 9.27. The van der Waals surface area contributed by atoms with Gasteiger partial charge in [0.25, 0.3) is 0 Å². The normalized spacial score (nSPS) is 15.4. The van der Waals surface area contributed by atoms with Crippen LogP contribution in [0.25, 0.3) is 0 Å². The minimum Gasteiger partial charge on any atom is -0.495 e. The maximum Gasteiger partial charge on any atom is 0.139 e. The standard InChI is InChI=1S/C27H40ClN3O3/c1-20-21(2)26(34-17-6-11-29-12-18-32-4)10-8-24(20)22(3)30-13-15-31(16-14-30)23-7-9-25(28)27(19-23)33-5/h7-10,19,22,29H,6,11-18H2,1-5H3. The largest absolute Gasteiger partial charge is 0.495 e. The maximum atomic E-state index is 6.20. The Labute approximate surface area is 210 Å². The summed E-state index contributed by atoms with van der Waals surface area (Å²) >= 11 is 6.20. The van der Waals surface area contributed by atoms with Crippen LogP contribution in [-0.4, -0.2) is 71.6 Å². The van der Waals surface area contributed by atoms with E-state index in [2.05, 4.69) is 54.1 Å². The van der Waals surface area contributed by atoms with Gasteiger partial charge in [-0.2, -0.15) is 0 Å². The van der Waals surface area contributed by atoms with E-state index in [1.54, 1.807) is 14.2 Å². The van der Waals surface area contributed by atoms with Crippen molar-refractivity contribution in [3.05, 3.63) is 52.0 Å². The average Bonchev–Trinajstić information content (AvgIpc) is 2.86. The molecule has 34 heavy (non-hydrogen) atoms. The monoisotopic (exact) mass is 489 g/mol. The molecule has 7 heteroatoms. The Bertz CT molecular complexity index is 916. The summed E-state index contributed by atoms with van der Waals surface area (Å²) < 4.78 is 16.5. The van der Waals surface area contributed by atoms with E-state index in [-0.39, 0.29) is 0 Å². The van der Waals surface area contributed by atoms with Crippen LogP contribution < -0.4 is 19.7 Å². The topological polar surface area (TPSA) is 46.2 Å². The molecular formula is C27H40ClN3O3. The van der Waals surface area contributed by atoms with Crippen molar-refractivity contribution in [3.63, 3.8) is 0 Å². The summed E-state index contributed by atoms with van der Waals surface area (Å²) in [6.45, 7) is 14.0. The molecule has 0 spiro atoms. The lowest BCUT2D eigenvalue weighted by Crippen LogP contribution is -2.47. The molecule has 1 aliphatic heterocycles. The lowest BCUT2D eigenvalue weighted by Gasteiger charge is -2.40. The third-order valence-electron chi connectivity index (χ3n) is 6.83. The van der Waals surface area contributed by atoms with Gasteiger partial charge in [0.1, 0.15) is 11.5 Å². The smallest absolute Gasteiger partial charge is 0.139 e. The number of rotatable bonds is 12. The van der Waals surface area contributed by atoms with Crippen molar-refractivity contribution in [2.45, 2.75) is 33.2 Å². The highest BCUT2D eigenvalue weighted by atomic mass is 35.5. The third-order valence-corrected chi connectivity index (χ3v) is 7.14. The maximum absolute atomic E-state index is 6.20. The molecule has 1 N–H and O–H groups in total. The van der Waals surface area contributed by atoms with E-state index < -0.39 is 0 Å². The quantitative estimate of drug-likeness (QED) is 0.430. The Hall–Kier alpha value is -1.99. The summed E-state index contributed by atoms with van der Waals surface area (Å²) in [4.78, 5) is 4.97. The van der Waals surface area contributed by atoms with Crippen LogP contribution in [0.3, 0.4) is 0 Å². The van der Waals surface area contributed by atoms with E-state index in [0.29, 0.717) is 17.7 Å². The van der Waals surface area contributed by atoms with Crippen LogP contribution in [0.2, 0.25) is 5.02 Å². The summed E-state index contributed by atoms with van der Waals surface area (Å²) in [5, 5.41) is 4.00. The van der Waals surface area contributed by atoms with Gasteiger partial charge in [-0.05, 0) is 68.6 Å². The lowest BCUT2D eigenvalue weighted by molar-refractivity contribution is 0.197. The van der Waals surface area contributed by atoms with E-state index in [1.807, 2.05) is 12.1 Å². The van der Waals surface area contributed by atoms with Gasteiger partial charge >= 0.3 is 0 Å². The Balaban J connectivity index is 1.53. The molecule has 0 radical (unpaired) electrons. The molecule has 1 heterocycles. The van der Waals surface area contributed by atoms with Crippen LogP contribution in [-0.2, 0) is 4.74 Å². The second-order valence-electron chi connectivity index (χ2n) is 8.87. The van der Waals surface area contributed by atoms with Gasteiger partial charge in [-0.25, -0.2) is 0 Å². The predicted octanol–water partition coefficient (Wildman–Crippen LogP) is 4.85. The first-order valence-electron chi connectivity index (χ1n) is 12.2. The number of piperazine rings is 1.